The lowest BCUT2D eigenvalue weighted by molar-refractivity contribution is 0.181. The van der Waals surface area contributed by atoms with Gasteiger partial charge in [0.2, 0.25) is 5.95 Å². The number of ether oxygens (including phenoxy) is 1. The normalized spacial score (nSPS) is 17.4. The first-order chi connectivity index (χ1) is 8.19. The van der Waals surface area contributed by atoms with Crippen molar-refractivity contribution in [3.05, 3.63) is 11.8 Å². The van der Waals surface area contributed by atoms with E-state index in [4.69, 9.17) is 10.5 Å². The summed E-state index contributed by atoms with van der Waals surface area (Å²) < 4.78 is 5.07. The Bertz CT molecular complexity index is 376. The molecule has 1 fully saturated rings. The Labute approximate surface area is 101 Å². The van der Waals surface area contributed by atoms with E-state index in [1.807, 2.05) is 6.07 Å². The van der Waals surface area contributed by atoms with E-state index in [2.05, 4.69) is 26.8 Å². The summed E-state index contributed by atoms with van der Waals surface area (Å²) in [5, 5.41) is 0. The van der Waals surface area contributed by atoms with Crippen molar-refractivity contribution in [2.24, 2.45) is 0 Å². The first-order valence-corrected chi connectivity index (χ1v) is 5.75. The van der Waals surface area contributed by atoms with Gasteiger partial charge in [0.1, 0.15) is 5.82 Å². The molecule has 0 saturated carbocycles. The zero-order chi connectivity index (χ0) is 12.3. The van der Waals surface area contributed by atoms with Crippen molar-refractivity contribution in [2.75, 3.05) is 51.0 Å². The Morgan fingerprint density at radius 1 is 1.29 bits per heavy atom. The summed E-state index contributed by atoms with van der Waals surface area (Å²) in [4.78, 5) is 13.0. The molecule has 0 aromatic carbocycles. The molecule has 0 unspecified atom stereocenters. The number of aromatic nitrogens is 2. The van der Waals surface area contributed by atoms with Gasteiger partial charge in [0.25, 0.3) is 0 Å². The molecule has 1 aliphatic rings. The van der Waals surface area contributed by atoms with Crippen molar-refractivity contribution < 1.29 is 4.74 Å². The third-order valence-corrected chi connectivity index (χ3v) is 2.90. The van der Waals surface area contributed by atoms with Gasteiger partial charge in [0.15, 0.2) is 0 Å². The molecule has 0 bridgehead atoms. The second-order valence-corrected chi connectivity index (χ2v) is 4.30. The monoisotopic (exact) mass is 237 g/mol. The number of nitrogen functional groups attached to an aromatic ring is 1. The van der Waals surface area contributed by atoms with Crippen LogP contribution in [0.2, 0.25) is 0 Å². The highest BCUT2D eigenvalue weighted by molar-refractivity contribution is 5.43. The summed E-state index contributed by atoms with van der Waals surface area (Å²) in [7, 11) is 3.77. The average molecular weight is 237 g/mol. The number of hydrogen-bond donors (Lipinski definition) is 1. The molecule has 0 atom stereocenters. The Balaban J connectivity index is 2.14. The highest BCUT2D eigenvalue weighted by atomic mass is 16.5. The molecule has 2 rings (SSSR count). The molecular weight excluding hydrogens is 218 g/mol. The topological polar surface area (TPSA) is 67.5 Å². The summed E-state index contributed by atoms with van der Waals surface area (Å²) in [5.74, 6) is 1.21. The van der Waals surface area contributed by atoms with Crippen LogP contribution in [0.5, 0.6) is 0 Å². The second-order valence-electron chi connectivity index (χ2n) is 4.30. The van der Waals surface area contributed by atoms with E-state index in [1.54, 1.807) is 7.11 Å². The number of anilines is 2. The molecule has 0 radical (unpaired) electrons. The SMILES string of the molecule is COCc1cc(N2CCN(C)CC2)nc(N)n1. The van der Waals surface area contributed by atoms with E-state index in [0.29, 0.717) is 12.6 Å². The number of likely N-dealkylation sites (N-methyl/N-ethyl adjacent to an activating group) is 1. The third kappa shape index (κ3) is 3.04. The third-order valence-electron chi connectivity index (χ3n) is 2.90. The Kier molecular flexibility index (Phi) is 3.75. The molecular formula is C11H19N5O. The number of piperazine rings is 1. The van der Waals surface area contributed by atoms with Crippen LogP contribution in [0.15, 0.2) is 6.07 Å². The lowest BCUT2D eigenvalue weighted by atomic mass is 10.3. The van der Waals surface area contributed by atoms with Gasteiger partial charge in [0.05, 0.1) is 12.3 Å². The van der Waals surface area contributed by atoms with Gasteiger partial charge in [-0.05, 0) is 7.05 Å². The second kappa shape index (κ2) is 5.29. The molecule has 0 amide bonds. The fraction of sp³-hybridized carbons (Fsp3) is 0.636. The van der Waals surface area contributed by atoms with E-state index < -0.39 is 0 Å². The maximum atomic E-state index is 5.71. The van der Waals surface area contributed by atoms with Crippen molar-refractivity contribution in [1.29, 1.82) is 0 Å². The van der Waals surface area contributed by atoms with E-state index in [0.717, 1.165) is 37.7 Å². The van der Waals surface area contributed by atoms with Crippen LogP contribution in [0, 0.1) is 0 Å². The van der Waals surface area contributed by atoms with Crippen molar-refractivity contribution in [3.8, 4) is 0 Å². The molecule has 2 heterocycles. The van der Waals surface area contributed by atoms with Crippen LogP contribution in [-0.4, -0.2) is 55.2 Å². The van der Waals surface area contributed by atoms with Crippen LogP contribution in [0.3, 0.4) is 0 Å². The molecule has 1 saturated heterocycles. The van der Waals surface area contributed by atoms with Gasteiger partial charge in [-0.1, -0.05) is 0 Å². The molecule has 1 aromatic heterocycles. The summed E-state index contributed by atoms with van der Waals surface area (Å²) >= 11 is 0. The molecule has 6 heteroatoms. The predicted molar refractivity (Wildman–Crippen MR) is 66.9 cm³/mol. The fourth-order valence-electron chi connectivity index (χ4n) is 1.92. The minimum Gasteiger partial charge on any atom is -0.378 e. The molecule has 2 N–H and O–H groups in total. The largest absolute Gasteiger partial charge is 0.378 e. The molecule has 17 heavy (non-hydrogen) atoms. The van der Waals surface area contributed by atoms with Crippen molar-refractivity contribution in [1.82, 2.24) is 14.9 Å². The summed E-state index contributed by atoms with van der Waals surface area (Å²) in [5.41, 5.74) is 6.54. The number of nitrogens with zero attached hydrogens (tertiary/aromatic N) is 4. The zero-order valence-corrected chi connectivity index (χ0v) is 10.4. The van der Waals surface area contributed by atoms with Gasteiger partial charge < -0.3 is 20.3 Å². The summed E-state index contributed by atoms with van der Waals surface area (Å²) in [6.07, 6.45) is 0. The number of methoxy groups -OCH3 is 1. The number of hydrogen-bond acceptors (Lipinski definition) is 6. The number of rotatable bonds is 3. The van der Waals surface area contributed by atoms with Crippen molar-refractivity contribution in [2.45, 2.75) is 6.61 Å². The lowest BCUT2D eigenvalue weighted by Crippen LogP contribution is -2.44. The maximum Gasteiger partial charge on any atom is 0.222 e. The molecule has 1 aliphatic heterocycles. The predicted octanol–water partition coefficient (Wildman–Crippen LogP) is -0.0430. The van der Waals surface area contributed by atoms with E-state index in [9.17, 15) is 0 Å². The van der Waals surface area contributed by atoms with Gasteiger partial charge in [-0.15, -0.1) is 0 Å². The van der Waals surface area contributed by atoms with Gasteiger partial charge in [-0.25, -0.2) is 4.98 Å². The van der Waals surface area contributed by atoms with Crippen molar-refractivity contribution >= 4 is 11.8 Å². The highest BCUT2D eigenvalue weighted by Crippen LogP contribution is 2.16. The van der Waals surface area contributed by atoms with E-state index in [1.165, 1.54) is 0 Å². The van der Waals surface area contributed by atoms with Crippen LogP contribution in [0.4, 0.5) is 11.8 Å². The van der Waals surface area contributed by atoms with Crippen LogP contribution >= 0.6 is 0 Å². The molecule has 0 spiro atoms. The first kappa shape index (κ1) is 12.1. The minimum absolute atomic E-state index is 0.313. The average Bonchev–Trinajstić information content (AvgIpc) is 2.29. The summed E-state index contributed by atoms with van der Waals surface area (Å²) in [6.45, 7) is 4.50. The molecule has 0 aliphatic carbocycles. The van der Waals surface area contributed by atoms with Gasteiger partial charge in [-0.3, -0.25) is 0 Å². The van der Waals surface area contributed by atoms with Crippen LogP contribution in [0.25, 0.3) is 0 Å². The standard InChI is InChI=1S/C11H19N5O/c1-15-3-5-16(6-4-15)10-7-9(8-17-2)13-11(12)14-10/h7H,3-6,8H2,1-2H3,(H2,12,13,14). The van der Waals surface area contributed by atoms with Crippen LogP contribution in [0.1, 0.15) is 5.69 Å². The Morgan fingerprint density at radius 3 is 2.65 bits per heavy atom. The van der Waals surface area contributed by atoms with Crippen LogP contribution < -0.4 is 10.6 Å². The quantitative estimate of drug-likeness (QED) is 0.795. The smallest absolute Gasteiger partial charge is 0.222 e. The van der Waals surface area contributed by atoms with Crippen LogP contribution in [-0.2, 0) is 11.3 Å². The van der Waals surface area contributed by atoms with Gasteiger partial charge >= 0.3 is 0 Å². The van der Waals surface area contributed by atoms with E-state index in [-0.39, 0.29) is 0 Å². The first-order valence-electron chi connectivity index (χ1n) is 5.75. The van der Waals surface area contributed by atoms with Gasteiger partial charge in [0, 0.05) is 39.4 Å². The lowest BCUT2D eigenvalue weighted by Gasteiger charge is -2.33. The number of nitrogens with two attached hydrogens (primary N) is 1. The van der Waals surface area contributed by atoms with Crippen molar-refractivity contribution in [3.63, 3.8) is 0 Å². The maximum absolute atomic E-state index is 5.71. The Hall–Kier alpha value is -1.40. The fourth-order valence-corrected chi connectivity index (χ4v) is 1.92. The molecule has 6 nitrogen and oxygen atoms in total. The molecule has 94 valence electrons. The zero-order valence-electron chi connectivity index (χ0n) is 10.4. The van der Waals surface area contributed by atoms with E-state index >= 15 is 0 Å². The minimum atomic E-state index is 0.313. The highest BCUT2D eigenvalue weighted by Gasteiger charge is 2.16. The van der Waals surface area contributed by atoms with Gasteiger partial charge in [-0.2, -0.15) is 4.98 Å². The molecule has 1 aromatic rings. The summed E-state index contributed by atoms with van der Waals surface area (Å²) in [6, 6.07) is 1.95. The Morgan fingerprint density at radius 2 is 2.00 bits per heavy atom.